The van der Waals surface area contributed by atoms with Crippen molar-refractivity contribution < 1.29 is 9.53 Å². The van der Waals surface area contributed by atoms with E-state index < -0.39 is 0 Å². The van der Waals surface area contributed by atoms with Crippen LogP contribution < -0.4 is 16.1 Å². The molecule has 1 aromatic carbocycles. The zero-order valence-corrected chi connectivity index (χ0v) is 11.1. The summed E-state index contributed by atoms with van der Waals surface area (Å²) < 4.78 is 4.98. The number of rotatable bonds is 5. The van der Waals surface area contributed by atoms with Crippen molar-refractivity contribution in [3.63, 3.8) is 0 Å². The molecule has 1 atom stereocenters. The van der Waals surface area contributed by atoms with E-state index in [1.54, 1.807) is 7.11 Å². The van der Waals surface area contributed by atoms with Crippen LogP contribution in [0.5, 0.6) is 0 Å². The van der Waals surface area contributed by atoms with E-state index in [1.165, 1.54) is 0 Å². The molecule has 1 aromatic rings. The molecule has 0 aliphatic carbocycles. The average molecular weight is 262 g/mol. The number of hydrogen-bond donors (Lipinski definition) is 3. The summed E-state index contributed by atoms with van der Waals surface area (Å²) >= 11 is 0. The number of hydrogen-bond acceptors (Lipinski definition) is 4. The maximum Gasteiger partial charge on any atom is 0.335 e. The van der Waals surface area contributed by atoms with Gasteiger partial charge in [-0.1, -0.05) is 12.1 Å². The molecule has 0 saturated heterocycles. The third-order valence-electron chi connectivity index (χ3n) is 2.85. The minimum atomic E-state index is -0.269. The number of carbonyl (C=O) groups excluding carboxylic acids is 1. The van der Waals surface area contributed by atoms with Crippen LogP contribution in [0.15, 0.2) is 29.4 Å². The number of amides is 2. The molecule has 6 heteroatoms. The first-order chi connectivity index (χ1) is 9.20. The molecule has 0 bridgehead atoms. The fourth-order valence-corrected chi connectivity index (χ4v) is 1.88. The van der Waals surface area contributed by atoms with Gasteiger partial charge < -0.3 is 15.4 Å². The lowest BCUT2D eigenvalue weighted by Gasteiger charge is -2.21. The Hall–Kier alpha value is -2.08. The first-order valence-electron chi connectivity index (χ1n) is 6.18. The second-order valence-electron chi connectivity index (χ2n) is 4.30. The fourth-order valence-electron chi connectivity index (χ4n) is 1.88. The summed E-state index contributed by atoms with van der Waals surface area (Å²) in [6.07, 6.45) is 0. The topological polar surface area (TPSA) is 74.8 Å². The molecule has 1 unspecified atom stereocenters. The zero-order chi connectivity index (χ0) is 13.7. The lowest BCUT2D eigenvalue weighted by atomic mass is 10.0. The van der Waals surface area contributed by atoms with Crippen LogP contribution in [0.25, 0.3) is 0 Å². The highest BCUT2D eigenvalue weighted by atomic mass is 16.5. The fraction of sp³-hybridized carbons (Fsp3) is 0.385. The van der Waals surface area contributed by atoms with Gasteiger partial charge in [0.2, 0.25) is 0 Å². The second-order valence-corrected chi connectivity index (χ2v) is 4.30. The highest BCUT2D eigenvalue weighted by Gasteiger charge is 2.19. The Balaban J connectivity index is 2.04. The first-order valence-corrected chi connectivity index (χ1v) is 6.18. The van der Waals surface area contributed by atoms with Crippen LogP contribution in [0, 0.1) is 0 Å². The highest BCUT2D eigenvalue weighted by Crippen LogP contribution is 2.12. The molecule has 0 spiro atoms. The van der Waals surface area contributed by atoms with Crippen LogP contribution in [0.2, 0.25) is 0 Å². The molecule has 2 rings (SSSR count). The molecular formula is C13H18N4O2. The van der Waals surface area contributed by atoms with Crippen molar-refractivity contribution in [3.05, 3.63) is 29.8 Å². The summed E-state index contributed by atoms with van der Waals surface area (Å²) in [5, 5.41) is 10.1. The van der Waals surface area contributed by atoms with Gasteiger partial charge in [0.05, 0.1) is 18.4 Å². The smallest absolute Gasteiger partial charge is 0.335 e. The predicted molar refractivity (Wildman–Crippen MR) is 74.5 cm³/mol. The van der Waals surface area contributed by atoms with Gasteiger partial charge in [-0.15, -0.1) is 0 Å². The quantitative estimate of drug-likeness (QED) is 0.697. The van der Waals surface area contributed by atoms with Crippen LogP contribution >= 0.6 is 0 Å². The second kappa shape index (κ2) is 6.19. The summed E-state index contributed by atoms with van der Waals surface area (Å²) in [4.78, 5) is 11.1. The minimum absolute atomic E-state index is 0.0962. The first kappa shape index (κ1) is 13.4. The molecule has 1 heterocycles. The van der Waals surface area contributed by atoms with Crippen LogP contribution in [-0.2, 0) is 4.74 Å². The SMILES string of the molecule is COCCNc1ccc(C2=NNC(=O)NC2C)cc1. The standard InChI is InChI=1S/C13H18N4O2/c1-9-12(16-17-13(18)15-9)10-3-5-11(6-4-10)14-7-8-19-2/h3-6,9,14H,7-8H2,1-2H3,(H2,15,17,18). The van der Waals surface area contributed by atoms with Crippen molar-refractivity contribution >= 4 is 17.4 Å². The van der Waals surface area contributed by atoms with Crippen molar-refractivity contribution in [2.24, 2.45) is 5.10 Å². The summed E-state index contributed by atoms with van der Waals surface area (Å²) in [7, 11) is 1.68. The molecule has 0 aromatic heterocycles. The number of nitrogens with zero attached hydrogens (tertiary/aromatic N) is 1. The molecule has 0 fully saturated rings. The van der Waals surface area contributed by atoms with Gasteiger partial charge in [-0.25, -0.2) is 10.2 Å². The van der Waals surface area contributed by atoms with E-state index in [4.69, 9.17) is 4.74 Å². The molecule has 102 valence electrons. The molecule has 1 aliphatic heterocycles. The van der Waals surface area contributed by atoms with Gasteiger partial charge in [0.25, 0.3) is 0 Å². The molecule has 6 nitrogen and oxygen atoms in total. The van der Waals surface area contributed by atoms with Crippen molar-refractivity contribution in [2.75, 3.05) is 25.6 Å². The summed E-state index contributed by atoms with van der Waals surface area (Å²) in [5.41, 5.74) is 5.26. The van der Waals surface area contributed by atoms with Gasteiger partial charge in [0.15, 0.2) is 0 Å². The van der Waals surface area contributed by atoms with Crippen molar-refractivity contribution in [2.45, 2.75) is 13.0 Å². The normalized spacial score (nSPS) is 18.3. The number of benzene rings is 1. The Morgan fingerprint density at radius 2 is 2.11 bits per heavy atom. The van der Waals surface area contributed by atoms with Crippen LogP contribution in [0.3, 0.4) is 0 Å². The predicted octanol–water partition coefficient (Wildman–Crippen LogP) is 1.15. The number of urea groups is 1. The number of nitrogens with one attached hydrogen (secondary N) is 3. The lowest BCUT2D eigenvalue weighted by Crippen LogP contribution is -2.48. The molecular weight excluding hydrogens is 244 g/mol. The van der Waals surface area contributed by atoms with Gasteiger partial charge in [-0.2, -0.15) is 5.10 Å². The minimum Gasteiger partial charge on any atom is -0.383 e. The number of ether oxygens (including phenoxy) is 1. The van der Waals surface area contributed by atoms with E-state index in [1.807, 2.05) is 31.2 Å². The van der Waals surface area contributed by atoms with Gasteiger partial charge in [0, 0.05) is 24.9 Å². The van der Waals surface area contributed by atoms with E-state index in [-0.39, 0.29) is 12.1 Å². The van der Waals surface area contributed by atoms with Crippen molar-refractivity contribution in [3.8, 4) is 0 Å². The van der Waals surface area contributed by atoms with E-state index in [0.717, 1.165) is 23.5 Å². The van der Waals surface area contributed by atoms with E-state index >= 15 is 0 Å². The lowest BCUT2D eigenvalue weighted by molar-refractivity contribution is 0.211. The number of anilines is 1. The summed E-state index contributed by atoms with van der Waals surface area (Å²) in [6, 6.07) is 7.55. The third-order valence-corrected chi connectivity index (χ3v) is 2.85. The zero-order valence-electron chi connectivity index (χ0n) is 11.1. The maximum atomic E-state index is 11.1. The molecule has 19 heavy (non-hydrogen) atoms. The van der Waals surface area contributed by atoms with Crippen molar-refractivity contribution in [1.82, 2.24) is 10.7 Å². The number of carbonyl (C=O) groups is 1. The van der Waals surface area contributed by atoms with Gasteiger partial charge in [0.1, 0.15) is 0 Å². The van der Waals surface area contributed by atoms with E-state index in [0.29, 0.717) is 6.61 Å². The average Bonchev–Trinajstić information content (AvgIpc) is 2.40. The van der Waals surface area contributed by atoms with Crippen LogP contribution in [0.4, 0.5) is 10.5 Å². The highest BCUT2D eigenvalue weighted by molar-refractivity contribution is 6.07. The Kier molecular flexibility index (Phi) is 4.35. The number of methoxy groups -OCH3 is 1. The molecule has 2 amide bonds. The summed E-state index contributed by atoms with van der Waals surface area (Å²) in [6.45, 7) is 3.34. The molecule has 3 N–H and O–H groups in total. The molecule has 0 radical (unpaired) electrons. The summed E-state index contributed by atoms with van der Waals surface area (Å²) in [5.74, 6) is 0. The maximum absolute atomic E-state index is 11.1. The van der Waals surface area contributed by atoms with Crippen LogP contribution in [-0.4, -0.2) is 38.0 Å². The van der Waals surface area contributed by atoms with E-state index in [2.05, 4.69) is 21.2 Å². The molecule has 0 saturated carbocycles. The monoisotopic (exact) mass is 262 g/mol. The Morgan fingerprint density at radius 1 is 1.37 bits per heavy atom. The Labute approximate surface area is 112 Å². The third kappa shape index (κ3) is 3.45. The Morgan fingerprint density at radius 3 is 2.74 bits per heavy atom. The number of hydrazone groups is 1. The van der Waals surface area contributed by atoms with Crippen molar-refractivity contribution in [1.29, 1.82) is 0 Å². The Bertz CT molecular complexity index is 470. The molecule has 1 aliphatic rings. The largest absolute Gasteiger partial charge is 0.383 e. The van der Waals surface area contributed by atoms with Gasteiger partial charge in [-0.05, 0) is 19.1 Å². The van der Waals surface area contributed by atoms with E-state index in [9.17, 15) is 4.79 Å². The van der Waals surface area contributed by atoms with Gasteiger partial charge >= 0.3 is 6.03 Å². The van der Waals surface area contributed by atoms with Gasteiger partial charge in [-0.3, -0.25) is 0 Å². The van der Waals surface area contributed by atoms with Crippen LogP contribution in [0.1, 0.15) is 12.5 Å².